The van der Waals surface area contributed by atoms with Crippen LogP contribution >= 0.6 is 0 Å². The Morgan fingerprint density at radius 2 is 1.22 bits per heavy atom. The van der Waals surface area contributed by atoms with E-state index in [1.54, 1.807) is 45.0 Å². The van der Waals surface area contributed by atoms with E-state index in [1.807, 2.05) is 91.0 Å². The van der Waals surface area contributed by atoms with Gasteiger partial charge in [-0.15, -0.1) is 0 Å². The predicted molar refractivity (Wildman–Crippen MR) is 173 cm³/mol. The molecular weight excluding hydrogens is 568 g/mol. The molecule has 0 heterocycles. The van der Waals surface area contributed by atoms with Gasteiger partial charge in [0.15, 0.2) is 0 Å². The van der Waals surface area contributed by atoms with Crippen molar-refractivity contribution in [2.24, 2.45) is 0 Å². The predicted octanol–water partition coefficient (Wildman–Crippen LogP) is 6.29. The van der Waals surface area contributed by atoms with Crippen molar-refractivity contribution in [2.75, 3.05) is 6.61 Å². The molecule has 4 rings (SSSR count). The molecule has 0 saturated heterocycles. The number of esters is 1. The second kappa shape index (κ2) is 16.1. The van der Waals surface area contributed by atoms with Gasteiger partial charge < -0.3 is 24.8 Å². The standard InChI is InChI=1S/C37H40N2O6/c1-37(2,3)45-36(42)39-33(24-28-19-21-32(22-20-28)43-25-29-15-9-5-10-16-29)35(41)44-26-31(23-27-13-7-4-8-14-27)38-34(40)30-17-11-6-12-18-30/h4-22,31,33H,23-26H2,1-3H3,(H,38,40)(H,39,42)/t31-,33-/m0/s1. The van der Waals surface area contributed by atoms with Crippen LogP contribution < -0.4 is 15.4 Å². The maximum atomic E-state index is 13.5. The van der Waals surface area contributed by atoms with E-state index in [0.29, 0.717) is 24.3 Å². The van der Waals surface area contributed by atoms with Crippen molar-refractivity contribution in [2.45, 2.75) is 57.9 Å². The Kier molecular flexibility index (Phi) is 11.7. The zero-order valence-corrected chi connectivity index (χ0v) is 25.9. The maximum absolute atomic E-state index is 13.5. The van der Waals surface area contributed by atoms with Gasteiger partial charge in [0.25, 0.3) is 5.91 Å². The molecule has 0 aliphatic rings. The highest BCUT2D eigenvalue weighted by molar-refractivity contribution is 5.94. The second-order valence-corrected chi connectivity index (χ2v) is 11.7. The molecule has 4 aromatic rings. The quantitative estimate of drug-likeness (QED) is 0.173. The van der Waals surface area contributed by atoms with Crippen molar-refractivity contribution >= 4 is 18.0 Å². The Hall–Kier alpha value is -5.11. The van der Waals surface area contributed by atoms with E-state index in [2.05, 4.69) is 10.6 Å². The molecule has 234 valence electrons. The largest absolute Gasteiger partial charge is 0.489 e. The fraction of sp³-hybridized carbons (Fsp3) is 0.270. The Labute approximate surface area is 264 Å². The van der Waals surface area contributed by atoms with E-state index in [0.717, 1.165) is 16.7 Å². The van der Waals surface area contributed by atoms with Crippen molar-refractivity contribution in [1.82, 2.24) is 10.6 Å². The summed E-state index contributed by atoms with van der Waals surface area (Å²) in [5, 5.41) is 5.65. The first-order valence-electron chi connectivity index (χ1n) is 15.0. The van der Waals surface area contributed by atoms with Crippen LogP contribution in [0.2, 0.25) is 0 Å². The summed E-state index contributed by atoms with van der Waals surface area (Å²) in [6.45, 7) is 5.58. The maximum Gasteiger partial charge on any atom is 0.408 e. The zero-order chi connectivity index (χ0) is 32.1. The lowest BCUT2D eigenvalue weighted by atomic mass is 10.0. The zero-order valence-electron chi connectivity index (χ0n) is 25.9. The third-order valence-electron chi connectivity index (χ3n) is 6.71. The van der Waals surface area contributed by atoms with Crippen LogP contribution in [0.4, 0.5) is 4.79 Å². The number of alkyl carbamates (subject to hydrolysis) is 1. The van der Waals surface area contributed by atoms with E-state index >= 15 is 0 Å². The van der Waals surface area contributed by atoms with Crippen LogP contribution in [0.25, 0.3) is 0 Å². The third-order valence-corrected chi connectivity index (χ3v) is 6.71. The first-order chi connectivity index (χ1) is 21.6. The van der Waals surface area contributed by atoms with Crippen LogP contribution in [-0.2, 0) is 33.7 Å². The summed E-state index contributed by atoms with van der Waals surface area (Å²) in [5.74, 6) is -0.234. The molecule has 0 saturated carbocycles. The Balaban J connectivity index is 1.44. The minimum Gasteiger partial charge on any atom is -0.489 e. The first kappa shape index (κ1) is 32.8. The average molecular weight is 609 g/mol. The molecule has 0 aliphatic heterocycles. The summed E-state index contributed by atoms with van der Waals surface area (Å²) < 4.78 is 17.0. The van der Waals surface area contributed by atoms with E-state index in [-0.39, 0.29) is 18.9 Å². The van der Waals surface area contributed by atoms with Crippen LogP contribution in [0.5, 0.6) is 5.75 Å². The highest BCUT2D eigenvalue weighted by atomic mass is 16.6. The number of hydrogen-bond donors (Lipinski definition) is 2. The number of carbonyl (C=O) groups excluding carboxylic acids is 3. The molecule has 0 aliphatic carbocycles. The van der Waals surface area contributed by atoms with Crippen molar-refractivity contribution in [1.29, 1.82) is 0 Å². The molecule has 0 radical (unpaired) electrons. The lowest BCUT2D eigenvalue weighted by molar-refractivity contribution is -0.146. The van der Waals surface area contributed by atoms with Crippen LogP contribution in [0.15, 0.2) is 115 Å². The first-order valence-corrected chi connectivity index (χ1v) is 15.0. The SMILES string of the molecule is CC(C)(C)OC(=O)N[C@@H](Cc1ccc(OCc2ccccc2)cc1)C(=O)OC[C@H](Cc1ccccc1)NC(=O)c1ccccc1. The summed E-state index contributed by atoms with van der Waals surface area (Å²) in [6, 6.07) is 34.1. The van der Waals surface area contributed by atoms with Gasteiger partial charge in [-0.2, -0.15) is 0 Å². The molecule has 2 amide bonds. The third kappa shape index (κ3) is 11.5. The summed E-state index contributed by atoms with van der Waals surface area (Å²) in [5.41, 5.74) is 2.57. The molecule has 4 aromatic carbocycles. The highest BCUT2D eigenvalue weighted by Crippen LogP contribution is 2.17. The van der Waals surface area contributed by atoms with E-state index < -0.39 is 29.7 Å². The molecule has 8 nitrogen and oxygen atoms in total. The molecule has 2 atom stereocenters. The second-order valence-electron chi connectivity index (χ2n) is 11.7. The molecular formula is C37H40N2O6. The number of nitrogens with one attached hydrogen (secondary N) is 2. The van der Waals surface area contributed by atoms with Crippen molar-refractivity contribution in [3.63, 3.8) is 0 Å². The number of rotatable bonds is 13. The average Bonchev–Trinajstić information content (AvgIpc) is 3.03. The van der Waals surface area contributed by atoms with Gasteiger partial charge in [0.1, 0.15) is 30.6 Å². The lowest BCUT2D eigenvalue weighted by Crippen LogP contribution is -2.47. The molecule has 2 N–H and O–H groups in total. The van der Waals surface area contributed by atoms with E-state index in [4.69, 9.17) is 14.2 Å². The molecule has 8 heteroatoms. The molecule has 0 bridgehead atoms. The number of ether oxygens (including phenoxy) is 3. The lowest BCUT2D eigenvalue weighted by Gasteiger charge is -2.24. The highest BCUT2D eigenvalue weighted by Gasteiger charge is 2.27. The van der Waals surface area contributed by atoms with E-state index in [1.165, 1.54) is 0 Å². The topological polar surface area (TPSA) is 103 Å². The van der Waals surface area contributed by atoms with Crippen molar-refractivity contribution < 1.29 is 28.6 Å². The minimum atomic E-state index is -1.03. The molecule has 0 fully saturated rings. The number of benzene rings is 4. The summed E-state index contributed by atoms with van der Waals surface area (Å²) in [7, 11) is 0. The summed E-state index contributed by atoms with van der Waals surface area (Å²) in [4.78, 5) is 39.1. The van der Waals surface area contributed by atoms with Crippen molar-refractivity contribution in [3.05, 3.63) is 138 Å². The van der Waals surface area contributed by atoms with Gasteiger partial charge >= 0.3 is 12.1 Å². The van der Waals surface area contributed by atoms with Crippen LogP contribution in [0, 0.1) is 0 Å². The van der Waals surface area contributed by atoms with Gasteiger partial charge in [-0.1, -0.05) is 91.0 Å². The van der Waals surface area contributed by atoms with Gasteiger partial charge in [-0.25, -0.2) is 9.59 Å². The van der Waals surface area contributed by atoms with E-state index in [9.17, 15) is 14.4 Å². The summed E-state index contributed by atoms with van der Waals surface area (Å²) in [6.07, 6.45) is -0.122. The number of hydrogen-bond acceptors (Lipinski definition) is 6. The Morgan fingerprint density at radius 3 is 1.82 bits per heavy atom. The van der Waals surface area contributed by atoms with Gasteiger partial charge in [0.05, 0.1) is 6.04 Å². The summed E-state index contributed by atoms with van der Waals surface area (Å²) >= 11 is 0. The number of carbonyl (C=O) groups is 3. The van der Waals surface area contributed by atoms with Gasteiger partial charge in [-0.05, 0) is 68.1 Å². The van der Waals surface area contributed by atoms with Gasteiger partial charge in [-0.3, -0.25) is 4.79 Å². The Morgan fingerprint density at radius 1 is 0.667 bits per heavy atom. The number of amides is 2. The van der Waals surface area contributed by atoms with Gasteiger partial charge in [0, 0.05) is 12.0 Å². The van der Waals surface area contributed by atoms with Crippen LogP contribution in [-0.4, -0.2) is 42.3 Å². The Bertz CT molecular complexity index is 1500. The molecule has 45 heavy (non-hydrogen) atoms. The molecule has 0 unspecified atom stereocenters. The monoisotopic (exact) mass is 608 g/mol. The van der Waals surface area contributed by atoms with Gasteiger partial charge in [0.2, 0.25) is 0 Å². The minimum absolute atomic E-state index is 0.0922. The van der Waals surface area contributed by atoms with Crippen LogP contribution in [0.3, 0.4) is 0 Å². The molecule has 0 aromatic heterocycles. The van der Waals surface area contributed by atoms with Crippen molar-refractivity contribution in [3.8, 4) is 5.75 Å². The fourth-order valence-electron chi connectivity index (χ4n) is 4.53. The normalized spacial score (nSPS) is 12.3. The smallest absolute Gasteiger partial charge is 0.408 e. The fourth-order valence-corrected chi connectivity index (χ4v) is 4.53. The van der Waals surface area contributed by atoms with Crippen LogP contribution in [0.1, 0.15) is 47.8 Å². The molecule has 0 spiro atoms.